The minimum atomic E-state index is -0.459. The Kier molecular flexibility index (Phi) is 3.81. The summed E-state index contributed by atoms with van der Waals surface area (Å²) < 4.78 is 0. The van der Waals surface area contributed by atoms with Crippen molar-refractivity contribution in [2.45, 2.75) is 30.9 Å². The Morgan fingerprint density at radius 3 is 2.35 bits per heavy atom. The largest absolute Gasteiger partial charge is 0.387 e. The quantitative estimate of drug-likeness (QED) is 0.832. The molecule has 0 aromatic heterocycles. The number of likely N-dealkylation sites (tertiary alicyclic amines) is 1. The fourth-order valence-electron chi connectivity index (χ4n) is 2.19. The Labute approximate surface area is 108 Å². The molecule has 0 spiro atoms. The predicted molar refractivity (Wildman–Crippen MR) is 73.3 cm³/mol. The van der Waals surface area contributed by atoms with Gasteiger partial charge in [-0.3, -0.25) is 4.90 Å². The first-order valence-electron chi connectivity index (χ1n) is 6.11. The summed E-state index contributed by atoms with van der Waals surface area (Å²) in [6, 6.07) is 8.68. The van der Waals surface area contributed by atoms with Gasteiger partial charge in [0.15, 0.2) is 0 Å². The Morgan fingerprint density at radius 2 is 1.88 bits per heavy atom. The van der Waals surface area contributed by atoms with Crippen molar-refractivity contribution in [3.8, 4) is 0 Å². The summed E-state index contributed by atoms with van der Waals surface area (Å²) in [5.41, 5.74) is 0.868. The van der Waals surface area contributed by atoms with Crippen molar-refractivity contribution in [3.63, 3.8) is 0 Å². The van der Waals surface area contributed by atoms with Gasteiger partial charge in [0.25, 0.3) is 0 Å². The smallest absolute Gasteiger partial charge is 0.0923 e. The molecule has 1 saturated heterocycles. The maximum Gasteiger partial charge on any atom is 0.0923 e. The highest BCUT2D eigenvalue weighted by Gasteiger charge is 2.43. The average Bonchev–Trinajstić information content (AvgIpc) is 2.27. The molecule has 0 radical (unpaired) electrons. The van der Waals surface area contributed by atoms with Crippen LogP contribution in [0.25, 0.3) is 0 Å². The van der Waals surface area contributed by atoms with Crippen LogP contribution in [0, 0.1) is 5.92 Å². The molecule has 1 heterocycles. The van der Waals surface area contributed by atoms with Gasteiger partial charge >= 0.3 is 0 Å². The predicted octanol–water partition coefficient (Wildman–Crippen LogP) is 2.61. The number of thioether (sulfide) groups is 1. The normalized spacial score (nSPS) is 19.4. The third kappa shape index (κ3) is 2.84. The highest BCUT2D eigenvalue weighted by molar-refractivity contribution is 7.98. The van der Waals surface area contributed by atoms with Crippen LogP contribution in [-0.4, -0.2) is 35.0 Å². The molecule has 0 bridgehead atoms. The molecule has 0 unspecified atom stereocenters. The summed E-state index contributed by atoms with van der Waals surface area (Å²) in [4.78, 5) is 3.60. The zero-order valence-corrected chi connectivity index (χ0v) is 11.6. The summed E-state index contributed by atoms with van der Waals surface area (Å²) in [6.45, 7) is 6.72. The number of nitrogens with zero attached hydrogens (tertiary/aromatic N) is 1. The Balaban J connectivity index is 1.87. The van der Waals surface area contributed by atoms with Crippen LogP contribution in [-0.2, 0) is 6.54 Å². The summed E-state index contributed by atoms with van der Waals surface area (Å²) in [7, 11) is 0. The molecule has 0 saturated carbocycles. The Hall–Kier alpha value is -0.510. The van der Waals surface area contributed by atoms with Gasteiger partial charge in [-0.1, -0.05) is 26.0 Å². The van der Waals surface area contributed by atoms with E-state index in [1.165, 1.54) is 10.5 Å². The molecule has 0 atom stereocenters. The highest BCUT2D eigenvalue weighted by atomic mass is 32.2. The molecule has 1 aliphatic heterocycles. The number of β-amino-alcohol motifs (C(OH)–C–C–N with tert-alkyl or cyclic N) is 1. The van der Waals surface area contributed by atoms with E-state index in [-0.39, 0.29) is 0 Å². The summed E-state index contributed by atoms with van der Waals surface area (Å²) in [5.74, 6) is 0.345. The zero-order chi connectivity index (χ0) is 12.5. The van der Waals surface area contributed by atoms with Gasteiger partial charge in [-0.25, -0.2) is 0 Å². The second-order valence-corrected chi connectivity index (χ2v) is 6.13. The van der Waals surface area contributed by atoms with Gasteiger partial charge < -0.3 is 5.11 Å². The van der Waals surface area contributed by atoms with Gasteiger partial charge in [0, 0.05) is 24.5 Å². The number of rotatable bonds is 4. The Bertz CT molecular complexity index is 368. The molecule has 2 nitrogen and oxygen atoms in total. The van der Waals surface area contributed by atoms with E-state index in [0.29, 0.717) is 5.92 Å². The topological polar surface area (TPSA) is 23.5 Å². The lowest BCUT2D eigenvalue weighted by Crippen LogP contribution is -2.63. The lowest BCUT2D eigenvalue weighted by atomic mass is 9.83. The van der Waals surface area contributed by atoms with Crippen LogP contribution in [0.2, 0.25) is 0 Å². The van der Waals surface area contributed by atoms with E-state index in [1.54, 1.807) is 11.8 Å². The van der Waals surface area contributed by atoms with Crippen molar-refractivity contribution >= 4 is 11.8 Å². The standard InChI is InChI=1S/C14H21NOS/c1-11(2)14(16)9-15(10-14)8-12-4-6-13(17-3)7-5-12/h4-7,11,16H,8-10H2,1-3H3. The van der Waals surface area contributed by atoms with Crippen molar-refractivity contribution in [2.24, 2.45) is 5.92 Å². The number of hydrogen-bond acceptors (Lipinski definition) is 3. The molecule has 0 amide bonds. The molecule has 1 aromatic rings. The van der Waals surface area contributed by atoms with Crippen molar-refractivity contribution in [1.82, 2.24) is 4.90 Å². The summed E-state index contributed by atoms with van der Waals surface area (Å²) in [6.07, 6.45) is 2.09. The minimum Gasteiger partial charge on any atom is -0.387 e. The number of aliphatic hydroxyl groups is 1. The maximum atomic E-state index is 10.2. The molecular weight excluding hydrogens is 230 g/mol. The first-order chi connectivity index (χ1) is 8.03. The van der Waals surface area contributed by atoms with Crippen LogP contribution < -0.4 is 0 Å². The third-order valence-electron chi connectivity index (χ3n) is 3.63. The van der Waals surface area contributed by atoms with E-state index < -0.39 is 5.60 Å². The highest BCUT2D eigenvalue weighted by Crippen LogP contribution is 2.29. The van der Waals surface area contributed by atoms with E-state index in [2.05, 4.69) is 49.3 Å². The molecule has 1 aromatic carbocycles. The van der Waals surface area contributed by atoms with Gasteiger partial charge in [-0.05, 0) is 29.9 Å². The van der Waals surface area contributed by atoms with E-state index in [1.807, 2.05) is 0 Å². The molecule has 1 fully saturated rings. The first kappa shape index (κ1) is 12.9. The molecule has 94 valence electrons. The molecule has 1 aliphatic rings. The number of hydrogen-bond donors (Lipinski definition) is 1. The van der Waals surface area contributed by atoms with Crippen LogP contribution in [0.1, 0.15) is 19.4 Å². The minimum absolute atomic E-state index is 0.345. The van der Waals surface area contributed by atoms with Gasteiger partial charge in [-0.15, -0.1) is 11.8 Å². The second-order valence-electron chi connectivity index (χ2n) is 5.25. The van der Waals surface area contributed by atoms with Gasteiger partial charge in [0.05, 0.1) is 5.60 Å². The van der Waals surface area contributed by atoms with Crippen LogP contribution in [0.3, 0.4) is 0 Å². The lowest BCUT2D eigenvalue weighted by molar-refractivity contribution is -0.130. The summed E-state index contributed by atoms with van der Waals surface area (Å²) in [5, 5.41) is 10.2. The van der Waals surface area contributed by atoms with E-state index >= 15 is 0 Å². The van der Waals surface area contributed by atoms with Crippen LogP contribution >= 0.6 is 11.8 Å². The van der Waals surface area contributed by atoms with Gasteiger partial charge in [0.1, 0.15) is 0 Å². The van der Waals surface area contributed by atoms with Crippen molar-refractivity contribution in [3.05, 3.63) is 29.8 Å². The molecular formula is C14H21NOS. The summed E-state index contributed by atoms with van der Waals surface area (Å²) >= 11 is 1.77. The fraction of sp³-hybridized carbons (Fsp3) is 0.571. The SMILES string of the molecule is CSc1ccc(CN2CC(O)(C(C)C)C2)cc1. The zero-order valence-electron chi connectivity index (χ0n) is 10.8. The van der Waals surface area contributed by atoms with Gasteiger partial charge in [-0.2, -0.15) is 0 Å². The lowest BCUT2D eigenvalue weighted by Gasteiger charge is -2.49. The van der Waals surface area contributed by atoms with Crippen LogP contribution in [0.5, 0.6) is 0 Å². The van der Waals surface area contributed by atoms with E-state index in [0.717, 1.165) is 19.6 Å². The molecule has 17 heavy (non-hydrogen) atoms. The average molecular weight is 251 g/mol. The third-order valence-corrected chi connectivity index (χ3v) is 4.38. The number of benzene rings is 1. The van der Waals surface area contributed by atoms with Crippen molar-refractivity contribution in [1.29, 1.82) is 0 Å². The van der Waals surface area contributed by atoms with Gasteiger partial charge in [0.2, 0.25) is 0 Å². The van der Waals surface area contributed by atoms with Crippen LogP contribution in [0.4, 0.5) is 0 Å². The van der Waals surface area contributed by atoms with E-state index in [9.17, 15) is 5.11 Å². The molecule has 2 rings (SSSR count). The first-order valence-corrected chi connectivity index (χ1v) is 7.33. The monoisotopic (exact) mass is 251 g/mol. The Morgan fingerprint density at radius 1 is 1.29 bits per heavy atom. The maximum absolute atomic E-state index is 10.2. The second kappa shape index (κ2) is 5.01. The van der Waals surface area contributed by atoms with Crippen LogP contribution in [0.15, 0.2) is 29.2 Å². The van der Waals surface area contributed by atoms with E-state index in [4.69, 9.17) is 0 Å². The molecule has 0 aliphatic carbocycles. The fourth-order valence-corrected chi connectivity index (χ4v) is 2.60. The molecule has 3 heteroatoms. The van der Waals surface area contributed by atoms with Crippen molar-refractivity contribution < 1.29 is 5.11 Å². The molecule has 1 N–H and O–H groups in total. The van der Waals surface area contributed by atoms with Crippen molar-refractivity contribution in [2.75, 3.05) is 19.3 Å².